The number of nitrogens with one attached hydrogen (secondary N) is 1. The van der Waals surface area contributed by atoms with Gasteiger partial charge in [-0.25, -0.2) is 0 Å². The fourth-order valence-electron chi connectivity index (χ4n) is 4.53. The number of para-hydroxylation sites is 1. The molecule has 0 aliphatic carbocycles. The number of primary amides is 1. The van der Waals surface area contributed by atoms with Gasteiger partial charge in [-0.1, -0.05) is 23.8 Å². The highest BCUT2D eigenvalue weighted by Gasteiger charge is 2.35. The molecule has 1 fully saturated rings. The van der Waals surface area contributed by atoms with Gasteiger partial charge in [-0.2, -0.15) is 0 Å². The number of imide groups is 1. The Kier molecular flexibility index (Phi) is 6.95. The zero-order valence-corrected chi connectivity index (χ0v) is 19.6. The summed E-state index contributed by atoms with van der Waals surface area (Å²) in [6, 6.07) is 11.9. The fourth-order valence-corrected chi connectivity index (χ4v) is 4.53. The fraction of sp³-hybridized carbons (Fsp3) is 0.346. The quantitative estimate of drug-likeness (QED) is 0.593. The molecule has 1 saturated heterocycles. The van der Waals surface area contributed by atoms with E-state index < -0.39 is 0 Å². The number of hydrogen-bond donors (Lipinski definition) is 2. The molecule has 0 saturated carbocycles. The topological polar surface area (TPSA) is 130 Å². The van der Waals surface area contributed by atoms with E-state index in [1.54, 1.807) is 47.4 Å². The number of likely N-dealkylation sites (tertiary alicyclic amines) is 1. The minimum atomic E-state index is -0.346. The van der Waals surface area contributed by atoms with Crippen LogP contribution >= 0.6 is 0 Å². The van der Waals surface area contributed by atoms with Crippen LogP contribution in [0.4, 0.5) is 5.69 Å². The largest absolute Gasteiger partial charge is 0.369 e. The summed E-state index contributed by atoms with van der Waals surface area (Å²) < 4.78 is 0. The Balaban J connectivity index is 1.32. The molecule has 2 aliphatic rings. The first kappa shape index (κ1) is 24.1. The maximum absolute atomic E-state index is 13.0. The number of nitrogens with zero attached hydrogens (tertiary/aromatic N) is 2. The number of rotatable bonds is 7. The van der Waals surface area contributed by atoms with Crippen molar-refractivity contribution < 1.29 is 24.0 Å². The minimum absolute atomic E-state index is 0.0823. The number of piperidine rings is 1. The molecular formula is C26H28N4O5. The van der Waals surface area contributed by atoms with Gasteiger partial charge in [0.15, 0.2) is 0 Å². The molecule has 9 nitrogen and oxygen atoms in total. The molecule has 2 aliphatic heterocycles. The molecule has 5 amide bonds. The summed E-state index contributed by atoms with van der Waals surface area (Å²) in [7, 11) is 0. The van der Waals surface area contributed by atoms with Gasteiger partial charge in [0.2, 0.25) is 11.8 Å². The standard InChI is InChI=1S/C26H28N4O5/c1-16-8-9-18-20(15-16)26(35)30(25(18)34)12-4-7-22(31)28-21-6-3-2-5-19(21)24(33)29-13-10-17(11-14-29)23(27)32/h2-3,5-6,8-9,15,17H,4,7,10-14H2,1H3,(H2,27,32)(H,28,31). The van der Waals surface area contributed by atoms with Gasteiger partial charge in [0.05, 0.1) is 22.4 Å². The summed E-state index contributed by atoms with van der Waals surface area (Å²) in [6.07, 6.45) is 1.42. The summed E-state index contributed by atoms with van der Waals surface area (Å²) in [5, 5.41) is 2.78. The maximum Gasteiger partial charge on any atom is 0.261 e. The van der Waals surface area contributed by atoms with Crippen molar-refractivity contribution in [1.29, 1.82) is 0 Å². The number of fused-ring (bicyclic) bond motifs is 1. The third-order valence-electron chi connectivity index (χ3n) is 6.53. The van der Waals surface area contributed by atoms with E-state index in [4.69, 9.17) is 5.73 Å². The Morgan fingerprint density at radius 2 is 1.69 bits per heavy atom. The summed E-state index contributed by atoms with van der Waals surface area (Å²) in [6.45, 7) is 2.84. The second-order valence-electron chi connectivity index (χ2n) is 8.98. The number of carbonyl (C=O) groups is 5. The molecule has 0 radical (unpaired) electrons. The van der Waals surface area contributed by atoms with Crippen LogP contribution in [0, 0.1) is 12.8 Å². The monoisotopic (exact) mass is 476 g/mol. The van der Waals surface area contributed by atoms with Crippen molar-refractivity contribution in [3.8, 4) is 0 Å². The molecule has 0 spiro atoms. The van der Waals surface area contributed by atoms with Gasteiger partial charge in [0.25, 0.3) is 17.7 Å². The van der Waals surface area contributed by atoms with Gasteiger partial charge in [-0.05, 0) is 50.5 Å². The molecule has 3 N–H and O–H groups in total. The highest BCUT2D eigenvalue weighted by atomic mass is 16.2. The van der Waals surface area contributed by atoms with Crippen LogP contribution in [0.3, 0.4) is 0 Å². The molecule has 2 aromatic carbocycles. The molecule has 0 atom stereocenters. The summed E-state index contributed by atoms with van der Waals surface area (Å²) >= 11 is 0. The van der Waals surface area contributed by atoms with E-state index in [2.05, 4.69) is 5.32 Å². The van der Waals surface area contributed by atoms with Gasteiger partial charge in [-0.3, -0.25) is 28.9 Å². The van der Waals surface area contributed by atoms with E-state index in [0.29, 0.717) is 54.7 Å². The van der Waals surface area contributed by atoms with Crippen molar-refractivity contribution in [2.75, 3.05) is 25.0 Å². The van der Waals surface area contributed by atoms with Crippen molar-refractivity contribution in [1.82, 2.24) is 9.80 Å². The summed E-state index contributed by atoms with van der Waals surface area (Å²) in [5.74, 6) is -1.79. The number of amides is 5. The Morgan fingerprint density at radius 1 is 1.00 bits per heavy atom. The normalized spacial score (nSPS) is 15.8. The van der Waals surface area contributed by atoms with Crippen molar-refractivity contribution in [3.63, 3.8) is 0 Å². The first-order chi connectivity index (χ1) is 16.8. The van der Waals surface area contributed by atoms with Crippen LogP contribution in [-0.4, -0.2) is 59.0 Å². The minimum Gasteiger partial charge on any atom is -0.369 e. The van der Waals surface area contributed by atoms with Gasteiger partial charge < -0.3 is 16.0 Å². The number of aryl methyl sites for hydroxylation is 1. The lowest BCUT2D eigenvalue weighted by Crippen LogP contribution is -2.42. The van der Waals surface area contributed by atoms with Crippen LogP contribution in [0.15, 0.2) is 42.5 Å². The number of anilines is 1. The molecule has 2 heterocycles. The molecule has 2 aromatic rings. The van der Waals surface area contributed by atoms with E-state index in [-0.39, 0.29) is 48.4 Å². The Labute approximate surface area is 203 Å². The Hall–Kier alpha value is -4.01. The van der Waals surface area contributed by atoms with Crippen LogP contribution in [0.5, 0.6) is 0 Å². The third kappa shape index (κ3) is 5.08. The summed E-state index contributed by atoms with van der Waals surface area (Å²) in [4.78, 5) is 65.0. The number of carbonyl (C=O) groups excluding carboxylic acids is 5. The molecular weight excluding hydrogens is 448 g/mol. The molecule has 182 valence electrons. The number of hydrogen-bond acceptors (Lipinski definition) is 5. The lowest BCUT2D eigenvalue weighted by Gasteiger charge is -2.31. The van der Waals surface area contributed by atoms with Crippen LogP contribution in [0.25, 0.3) is 0 Å². The van der Waals surface area contributed by atoms with Crippen LogP contribution < -0.4 is 11.1 Å². The predicted octanol–water partition coefficient (Wildman–Crippen LogP) is 2.35. The van der Waals surface area contributed by atoms with Crippen molar-refractivity contribution in [2.24, 2.45) is 11.7 Å². The molecule has 0 bridgehead atoms. The molecule has 0 aromatic heterocycles. The number of nitrogens with two attached hydrogens (primary N) is 1. The van der Waals surface area contributed by atoms with Crippen LogP contribution in [-0.2, 0) is 9.59 Å². The first-order valence-electron chi connectivity index (χ1n) is 11.7. The third-order valence-corrected chi connectivity index (χ3v) is 6.53. The smallest absolute Gasteiger partial charge is 0.261 e. The van der Waals surface area contributed by atoms with Crippen molar-refractivity contribution in [3.05, 3.63) is 64.7 Å². The number of benzene rings is 2. The van der Waals surface area contributed by atoms with E-state index in [1.165, 1.54) is 4.90 Å². The average Bonchev–Trinajstić information content (AvgIpc) is 3.08. The van der Waals surface area contributed by atoms with Gasteiger partial charge >= 0.3 is 0 Å². The molecule has 4 rings (SSSR count). The zero-order valence-electron chi connectivity index (χ0n) is 19.6. The SMILES string of the molecule is Cc1ccc2c(c1)C(=O)N(CCCC(=O)Nc1ccccc1C(=O)N1CCC(C(N)=O)CC1)C2=O. The molecule has 9 heteroatoms. The second-order valence-corrected chi connectivity index (χ2v) is 8.98. The van der Waals surface area contributed by atoms with Crippen LogP contribution in [0.1, 0.15) is 62.3 Å². The highest BCUT2D eigenvalue weighted by molar-refractivity contribution is 6.21. The van der Waals surface area contributed by atoms with E-state index in [0.717, 1.165) is 5.56 Å². The highest BCUT2D eigenvalue weighted by Crippen LogP contribution is 2.25. The second kappa shape index (κ2) is 10.1. The lowest BCUT2D eigenvalue weighted by molar-refractivity contribution is -0.123. The van der Waals surface area contributed by atoms with Crippen molar-refractivity contribution in [2.45, 2.75) is 32.6 Å². The predicted molar refractivity (Wildman–Crippen MR) is 129 cm³/mol. The van der Waals surface area contributed by atoms with E-state index >= 15 is 0 Å². The van der Waals surface area contributed by atoms with E-state index in [1.807, 2.05) is 6.92 Å². The Morgan fingerprint density at radius 3 is 2.40 bits per heavy atom. The maximum atomic E-state index is 13.0. The summed E-state index contributed by atoms with van der Waals surface area (Å²) in [5.41, 5.74) is 7.82. The van der Waals surface area contributed by atoms with Crippen LogP contribution in [0.2, 0.25) is 0 Å². The van der Waals surface area contributed by atoms with E-state index in [9.17, 15) is 24.0 Å². The average molecular weight is 477 g/mol. The van der Waals surface area contributed by atoms with Gasteiger partial charge in [-0.15, -0.1) is 0 Å². The Bertz CT molecular complexity index is 1200. The van der Waals surface area contributed by atoms with Crippen molar-refractivity contribution >= 4 is 35.2 Å². The van der Waals surface area contributed by atoms with Gasteiger partial charge in [0, 0.05) is 32.0 Å². The zero-order chi connectivity index (χ0) is 25.1. The lowest BCUT2D eigenvalue weighted by atomic mass is 9.95. The first-order valence-corrected chi connectivity index (χ1v) is 11.7. The van der Waals surface area contributed by atoms with Gasteiger partial charge in [0.1, 0.15) is 0 Å². The molecule has 35 heavy (non-hydrogen) atoms. The molecule has 0 unspecified atom stereocenters.